The first-order chi connectivity index (χ1) is 6.27. The zero-order valence-electron chi connectivity index (χ0n) is 8.38. The summed E-state index contributed by atoms with van der Waals surface area (Å²) in [5.74, 6) is 0.613. The molecule has 1 nitrogen and oxygen atoms in total. The quantitative estimate of drug-likeness (QED) is 0.742. The van der Waals surface area contributed by atoms with Crippen LogP contribution in [0.1, 0.15) is 38.2 Å². The molecule has 1 aliphatic rings. The molecule has 0 saturated heterocycles. The molecular formula is C12H17N. The lowest BCUT2D eigenvalue weighted by Crippen LogP contribution is -2.04. The van der Waals surface area contributed by atoms with Crippen molar-refractivity contribution in [2.45, 2.75) is 38.6 Å². The number of benzene rings is 1. The first-order valence-corrected chi connectivity index (χ1v) is 5.13. The van der Waals surface area contributed by atoms with E-state index in [9.17, 15) is 0 Å². The molecule has 70 valence electrons. The Labute approximate surface area is 80.2 Å². The van der Waals surface area contributed by atoms with Crippen LogP contribution in [-0.2, 0) is 0 Å². The Bertz CT molecular complexity index is 287. The highest BCUT2D eigenvalue weighted by molar-refractivity contribution is 5.53. The van der Waals surface area contributed by atoms with E-state index in [4.69, 9.17) is 0 Å². The number of para-hydroxylation sites is 1. The van der Waals surface area contributed by atoms with Crippen molar-refractivity contribution in [3.63, 3.8) is 0 Å². The summed E-state index contributed by atoms with van der Waals surface area (Å²) in [4.78, 5) is 0. The molecule has 1 fully saturated rings. The van der Waals surface area contributed by atoms with Gasteiger partial charge >= 0.3 is 0 Å². The minimum atomic E-state index is 0.613. The zero-order chi connectivity index (χ0) is 9.26. The molecule has 0 radical (unpaired) electrons. The maximum Gasteiger partial charge on any atom is 0.0377 e. The van der Waals surface area contributed by atoms with E-state index < -0.39 is 0 Å². The molecule has 1 aromatic rings. The molecule has 1 aromatic carbocycles. The summed E-state index contributed by atoms with van der Waals surface area (Å²) in [7, 11) is 0. The molecule has 0 aromatic heterocycles. The normalized spacial score (nSPS) is 16.2. The van der Waals surface area contributed by atoms with Gasteiger partial charge in [-0.2, -0.15) is 0 Å². The Balaban J connectivity index is 2.20. The molecule has 0 heterocycles. The second-order valence-corrected chi connectivity index (χ2v) is 4.16. The van der Waals surface area contributed by atoms with Gasteiger partial charge < -0.3 is 5.32 Å². The van der Waals surface area contributed by atoms with Crippen molar-refractivity contribution >= 4 is 5.69 Å². The molecule has 2 rings (SSSR count). The van der Waals surface area contributed by atoms with Crippen LogP contribution >= 0.6 is 0 Å². The number of hydrogen-bond acceptors (Lipinski definition) is 1. The van der Waals surface area contributed by atoms with Crippen molar-refractivity contribution in [3.8, 4) is 0 Å². The van der Waals surface area contributed by atoms with Gasteiger partial charge in [-0.1, -0.05) is 32.0 Å². The molecule has 0 unspecified atom stereocenters. The van der Waals surface area contributed by atoms with Crippen LogP contribution in [0, 0.1) is 0 Å². The maximum atomic E-state index is 3.57. The van der Waals surface area contributed by atoms with Gasteiger partial charge in [0.2, 0.25) is 0 Å². The Morgan fingerprint density at radius 3 is 2.54 bits per heavy atom. The molecule has 0 amide bonds. The van der Waals surface area contributed by atoms with E-state index in [0.717, 1.165) is 6.04 Å². The van der Waals surface area contributed by atoms with Crippen molar-refractivity contribution in [1.82, 2.24) is 0 Å². The van der Waals surface area contributed by atoms with E-state index in [1.54, 1.807) is 0 Å². The van der Waals surface area contributed by atoms with Gasteiger partial charge in [0.25, 0.3) is 0 Å². The van der Waals surface area contributed by atoms with Gasteiger partial charge in [0.1, 0.15) is 0 Å². The third-order valence-corrected chi connectivity index (χ3v) is 2.52. The zero-order valence-corrected chi connectivity index (χ0v) is 8.38. The van der Waals surface area contributed by atoms with Crippen molar-refractivity contribution in [2.24, 2.45) is 0 Å². The predicted molar refractivity (Wildman–Crippen MR) is 57.2 cm³/mol. The van der Waals surface area contributed by atoms with Crippen molar-refractivity contribution in [2.75, 3.05) is 5.32 Å². The van der Waals surface area contributed by atoms with Crippen molar-refractivity contribution in [3.05, 3.63) is 29.8 Å². The van der Waals surface area contributed by atoms with E-state index in [-0.39, 0.29) is 0 Å². The summed E-state index contributed by atoms with van der Waals surface area (Å²) >= 11 is 0. The van der Waals surface area contributed by atoms with Gasteiger partial charge in [-0.3, -0.25) is 0 Å². The molecule has 13 heavy (non-hydrogen) atoms. The monoisotopic (exact) mass is 175 g/mol. The highest BCUT2D eigenvalue weighted by Gasteiger charge is 2.21. The second kappa shape index (κ2) is 3.41. The SMILES string of the molecule is CC(C)c1ccccc1NC1CC1. The van der Waals surface area contributed by atoms with Crippen molar-refractivity contribution in [1.29, 1.82) is 0 Å². The van der Waals surface area contributed by atoms with Gasteiger partial charge in [0.05, 0.1) is 0 Å². The Kier molecular flexibility index (Phi) is 2.26. The van der Waals surface area contributed by atoms with Crippen molar-refractivity contribution < 1.29 is 0 Å². The molecule has 1 aliphatic carbocycles. The van der Waals surface area contributed by atoms with Crippen LogP contribution in [0.2, 0.25) is 0 Å². The van der Waals surface area contributed by atoms with E-state index in [0.29, 0.717) is 5.92 Å². The number of anilines is 1. The summed E-state index contributed by atoms with van der Waals surface area (Å²) in [5, 5.41) is 3.57. The largest absolute Gasteiger partial charge is 0.382 e. The van der Waals surface area contributed by atoms with Crippen LogP contribution in [-0.4, -0.2) is 6.04 Å². The van der Waals surface area contributed by atoms with Gasteiger partial charge in [0, 0.05) is 11.7 Å². The first-order valence-electron chi connectivity index (χ1n) is 5.13. The molecule has 1 N–H and O–H groups in total. The topological polar surface area (TPSA) is 12.0 Å². The predicted octanol–water partition coefficient (Wildman–Crippen LogP) is 3.38. The van der Waals surface area contributed by atoms with E-state index in [2.05, 4.69) is 43.4 Å². The average Bonchev–Trinajstić information content (AvgIpc) is 2.89. The summed E-state index contributed by atoms with van der Waals surface area (Å²) in [6, 6.07) is 9.38. The third-order valence-electron chi connectivity index (χ3n) is 2.52. The summed E-state index contributed by atoms with van der Waals surface area (Å²) in [5.41, 5.74) is 2.77. The van der Waals surface area contributed by atoms with Gasteiger partial charge in [-0.15, -0.1) is 0 Å². The van der Waals surface area contributed by atoms with Gasteiger partial charge in [-0.05, 0) is 30.4 Å². The van der Waals surface area contributed by atoms with Crippen LogP contribution in [0.3, 0.4) is 0 Å². The van der Waals surface area contributed by atoms with Gasteiger partial charge in [0.15, 0.2) is 0 Å². The fourth-order valence-electron chi connectivity index (χ4n) is 1.58. The smallest absolute Gasteiger partial charge is 0.0377 e. The lowest BCUT2D eigenvalue weighted by Gasteiger charge is -2.13. The second-order valence-electron chi connectivity index (χ2n) is 4.16. The summed E-state index contributed by atoms with van der Waals surface area (Å²) in [6.07, 6.45) is 2.68. The van der Waals surface area contributed by atoms with Crippen LogP contribution in [0.4, 0.5) is 5.69 Å². The Morgan fingerprint density at radius 2 is 1.92 bits per heavy atom. The molecule has 0 bridgehead atoms. The van der Waals surface area contributed by atoms with Gasteiger partial charge in [-0.25, -0.2) is 0 Å². The third kappa shape index (κ3) is 2.03. The molecule has 0 aliphatic heterocycles. The van der Waals surface area contributed by atoms with E-state index in [1.807, 2.05) is 0 Å². The minimum Gasteiger partial charge on any atom is -0.382 e. The fourth-order valence-corrected chi connectivity index (χ4v) is 1.58. The lowest BCUT2D eigenvalue weighted by atomic mass is 10.0. The maximum absolute atomic E-state index is 3.57. The average molecular weight is 175 g/mol. The first kappa shape index (κ1) is 8.61. The summed E-state index contributed by atoms with van der Waals surface area (Å²) < 4.78 is 0. The van der Waals surface area contributed by atoms with Crippen LogP contribution < -0.4 is 5.32 Å². The van der Waals surface area contributed by atoms with Crippen LogP contribution in [0.15, 0.2) is 24.3 Å². The molecule has 1 heteroatoms. The van der Waals surface area contributed by atoms with E-state index >= 15 is 0 Å². The number of rotatable bonds is 3. The Morgan fingerprint density at radius 1 is 1.23 bits per heavy atom. The standard InChI is InChI=1S/C12H17N/c1-9(2)11-5-3-4-6-12(11)13-10-7-8-10/h3-6,9-10,13H,7-8H2,1-2H3. The summed E-state index contributed by atoms with van der Waals surface area (Å²) in [6.45, 7) is 4.49. The molecular weight excluding hydrogens is 158 g/mol. The minimum absolute atomic E-state index is 0.613. The Hall–Kier alpha value is -0.980. The lowest BCUT2D eigenvalue weighted by molar-refractivity contribution is 0.865. The molecule has 0 spiro atoms. The number of hydrogen-bond donors (Lipinski definition) is 1. The van der Waals surface area contributed by atoms with E-state index in [1.165, 1.54) is 24.1 Å². The highest BCUT2D eigenvalue weighted by atomic mass is 15.0. The van der Waals surface area contributed by atoms with Crippen LogP contribution in [0.5, 0.6) is 0 Å². The molecule has 1 saturated carbocycles. The van der Waals surface area contributed by atoms with Crippen LogP contribution in [0.25, 0.3) is 0 Å². The fraction of sp³-hybridized carbons (Fsp3) is 0.500. The highest BCUT2D eigenvalue weighted by Crippen LogP contribution is 2.29. The molecule has 0 atom stereocenters. The number of nitrogens with one attached hydrogen (secondary N) is 1.